The van der Waals surface area contributed by atoms with Gasteiger partial charge in [0.05, 0.1) is 0 Å². The number of amides is 2. The highest BCUT2D eigenvalue weighted by molar-refractivity contribution is 5.72. The standard InChI is InChI=1S/C11H13FN2O/c12-10-3-1-8(2-4-10)9-5-6-14(7-9)11(13)15/h1-4,9H,5-7H2,(H2,13,15). The fourth-order valence-corrected chi connectivity index (χ4v) is 1.97. The Morgan fingerprint density at radius 2 is 2.07 bits per heavy atom. The monoisotopic (exact) mass is 208 g/mol. The first-order valence-electron chi connectivity index (χ1n) is 4.96. The number of halogens is 1. The van der Waals surface area contributed by atoms with Gasteiger partial charge in [-0.05, 0) is 24.1 Å². The maximum Gasteiger partial charge on any atom is 0.314 e. The van der Waals surface area contributed by atoms with Crippen molar-refractivity contribution in [3.8, 4) is 0 Å². The highest BCUT2D eigenvalue weighted by Gasteiger charge is 2.25. The molecule has 1 unspecified atom stereocenters. The van der Waals surface area contributed by atoms with Crippen LogP contribution in [0.5, 0.6) is 0 Å². The molecule has 1 fully saturated rings. The number of carbonyl (C=O) groups excluding carboxylic acids is 1. The zero-order valence-corrected chi connectivity index (χ0v) is 8.32. The quantitative estimate of drug-likeness (QED) is 0.750. The predicted octanol–water partition coefficient (Wildman–Crippen LogP) is 1.69. The van der Waals surface area contributed by atoms with Crippen molar-refractivity contribution in [2.24, 2.45) is 5.73 Å². The van der Waals surface area contributed by atoms with Crippen molar-refractivity contribution < 1.29 is 9.18 Å². The van der Waals surface area contributed by atoms with Crippen LogP contribution in [0.1, 0.15) is 17.9 Å². The highest BCUT2D eigenvalue weighted by Crippen LogP contribution is 2.26. The smallest absolute Gasteiger partial charge is 0.314 e. The Hall–Kier alpha value is -1.58. The summed E-state index contributed by atoms with van der Waals surface area (Å²) in [6.07, 6.45) is 0.897. The number of urea groups is 1. The number of rotatable bonds is 1. The van der Waals surface area contributed by atoms with Crippen LogP contribution >= 0.6 is 0 Å². The lowest BCUT2D eigenvalue weighted by Crippen LogP contribution is -2.33. The normalized spacial score (nSPS) is 20.6. The molecule has 2 rings (SSSR count). The van der Waals surface area contributed by atoms with E-state index in [2.05, 4.69) is 0 Å². The first kappa shape index (κ1) is 9.96. The molecule has 2 N–H and O–H groups in total. The third-order valence-electron chi connectivity index (χ3n) is 2.84. The van der Waals surface area contributed by atoms with Crippen LogP contribution in [-0.4, -0.2) is 24.0 Å². The lowest BCUT2D eigenvalue weighted by Gasteiger charge is -2.13. The van der Waals surface area contributed by atoms with Crippen molar-refractivity contribution in [3.63, 3.8) is 0 Å². The fraction of sp³-hybridized carbons (Fsp3) is 0.364. The molecule has 80 valence electrons. The van der Waals surface area contributed by atoms with Gasteiger partial charge in [-0.25, -0.2) is 9.18 Å². The van der Waals surface area contributed by atoms with Crippen LogP contribution in [0.4, 0.5) is 9.18 Å². The van der Waals surface area contributed by atoms with E-state index < -0.39 is 0 Å². The van der Waals surface area contributed by atoms with E-state index in [1.54, 1.807) is 17.0 Å². The molecule has 4 heteroatoms. The second-order valence-electron chi connectivity index (χ2n) is 3.82. The third-order valence-corrected chi connectivity index (χ3v) is 2.84. The number of benzene rings is 1. The average molecular weight is 208 g/mol. The number of hydrogen-bond donors (Lipinski definition) is 1. The molecule has 0 saturated carbocycles. The van der Waals surface area contributed by atoms with Crippen LogP contribution in [0.2, 0.25) is 0 Å². The number of primary amides is 1. The van der Waals surface area contributed by atoms with Crippen molar-refractivity contribution >= 4 is 6.03 Å². The molecule has 2 amide bonds. The van der Waals surface area contributed by atoms with Gasteiger partial charge in [0.2, 0.25) is 0 Å². The second kappa shape index (κ2) is 3.88. The third kappa shape index (κ3) is 2.09. The fourth-order valence-electron chi connectivity index (χ4n) is 1.97. The van der Waals surface area contributed by atoms with E-state index in [4.69, 9.17) is 5.73 Å². The van der Waals surface area contributed by atoms with Crippen molar-refractivity contribution in [2.75, 3.05) is 13.1 Å². The molecule has 1 aliphatic heterocycles. The largest absolute Gasteiger partial charge is 0.351 e. The molecule has 1 heterocycles. The van der Waals surface area contributed by atoms with E-state index in [9.17, 15) is 9.18 Å². The average Bonchev–Trinajstić information content (AvgIpc) is 2.68. The summed E-state index contributed by atoms with van der Waals surface area (Å²) in [6.45, 7) is 1.33. The Bertz CT molecular complexity index is 363. The summed E-state index contributed by atoms with van der Waals surface area (Å²) in [7, 11) is 0. The zero-order chi connectivity index (χ0) is 10.8. The minimum absolute atomic E-state index is 0.233. The van der Waals surface area contributed by atoms with Crippen LogP contribution in [0.15, 0.2) is 24.3 Å². The summed E-state index contributed by atoms with van der Waals surface area (Å²) in [6, 6.07) is 6.05. The van der Waals surface area contributed by atoms with Gasteiger partial charge in [-0.1, -0.05) is 12.1 Å². The van der Waals surface area contributed by atoms with Crippen LogP contribution in [0.25, 0.3) is 0 Å². The van der Waals surface area contributed by atoms with Gasteiger partial charge >= 0.3 is 6.03 Å². The Morgan fingerprint density at radius 1 is 1.40 bits per heavy atom. The van der Waals surface area contributed by atoms with Crippen molar-refractivity contribution in [1.82, 2.24) is 4.90 Å². The van der Waals surface area contributed by atoms with E-state index in [1.807, 2.05) is 0 Å². The summed E-state index contributed by atoms with van der Waals surface area (Å²) >= 11 is 0. The van der Waals surface area contributed by atoms with Gasteiger partial charge < -0.3 is 10.6 Å². The number of carbonyl (C=O) groups is 1. The number of nitrogens with zero attached hydrogens (tertiary/aromatic N) is 1. The van der Waals surface area contributed by atoms with Gasteiger partial charge in [-0.3, -0.25) is 0 Å². The minimum atomic E-state index is -0.375. The lowest BCUT2D eigenvalue weighted by atomic mass is 9.99. The molecule has 1 aromatic carbocycles. The van der Waals surface area contributed by atoms with E-state index in [0.717, 1.165) is 12.0 Å². The molecule has 1 aromatic rings. The van der Waals surface area contributed by atoms with Crippen molar-refractivity contribution in [2.45, 2.75) is 12.3 Å². The zero-order valence-electron chi connectivity index (χ0n) is 8.32. The first-order valence-corrected chi connectivity index (χ1v) is 4.96. The molecular weight excluding hydrogens is 195 g/mol. The number of nitrogens with two attached hydrogens (primary N) is 1. The molecule has 0 spiro atoms. The summed E-state index contributed by atoms with van der Waals surface area (Å²) in [5.74, 6) is 0.0570. The van der Waals surface area contributed by atoms with Gasteiger partial charge in [0, 0.05) is 19.0 Å². The van der Waals surface area contributed by atoms with Gasteiger partial charge in [-0.2, -0.15) is 0 Å². The molecule has 3 nitrogen and oxygen atoms in total. The van der Waals surface area contributed by atoms with Gasteiger partial charge in [0.15, 0.2) is 0 Å². The maximum atomic E-state index is 12.7. The lowest BCUT2D eigenvalue weighted by molar-refractivity contribution is 0.218. The summed E-state index contributed by atoms with van der Waals surface area (Å²) in [5, 5.41) is 0. The molecule has 0 bridgehead atoms. The molecule has 15 heavy (non-hydrogen) atoms. The Kier molecular flexibility index (Phi) is 2.58. The van der Waals surface area contributed by atoms with Gasteiger partial charge in [-0.15, -0.1) is 0 Å². The maximum absolute atomic E-state index is 12.7. The van der Waals surface area contributed by atoms with Crippen LogP contribution < -0.4 is 5.73 Å². The van der Waals surface area contributed by atoms with Gasteiger partial charge in [0.1, 0.15) is 5.82 Å². The summed E-state index contributed by atoms with van der Waals surface area (Å²) < 4.78 is 12.7. The Balaban J connectivity index is 2.07. The topological polar surface area (TPSA) is 46.3 Å². The molecule has 0 aromatic heterocycles. The Labute approximate surface area is 87.7 Å². The summed E-state index contributed by atoms with van der Waals surface area (Å²) in [4.78, 5) is 12.5. The van der Waals surface area contributed by atoms with Crippen molar-refractivity contribution in [1.29, 1.82) is 0 Å². The van der Waals surface area contributed by atoms with Crippen LogP contribution in [0, 0.1) is 5.82 Å². The highest BCUT2D eigenvalue weighted by atomic mass is 19.1. The van der Waals surface area contributed by atoms with E-state index >= 15 is 0 Å². The molecule has 1 saturated heterocycles. The molecule has 1 atom stereocenters. The summed E-state index contributed by atoms with van der Waals surface area (Å²) in [5.41, 5.74) is 6.26. The van der Waals surface area contributed by atoms with Crippen LogP contribution in [0.3, 0.4) is 0 Å². The van der Waals surface area contributed by atoms with E-state index in [1.165, 1.54) is 12.1 Å². The second-order valence-corrected chi connectivity index (χ2v) is 3.82. The van der Waals surface area contributed by atoms with E-state index in [-0.39, 0.29) is 17.8 Å². The Morgan fingerprint density at radius 3 is 2.60 bits per heavy atom. The predicted molar refractivity (Wildman–Crippen MR) is 54.9 cm³/mol. The minimum Gasteiger partial charge on any atom is -0.351 e. The number of hydrogen-bond acceptors (Lipinski definition) is 1. The molecular formula is C11H13FN2O. The van der Waals surface area contributed by atoms with Gasteiger partial charge in [0.25, 0.3) is 0 Å². The van der Waals surface area contributed by atoms with Crippen molar-refractivity contribution in [3.05, 3.63) is 35.6 Å². The molecule has 0 aliphatic carbocycles. The SMILES string of the molecule is NC(=O)N1CCC(c2ccc(F)cc2)C1. The molecule has 0 radical (unpaired) electrons. The molecule has 1 aliphatic rings. The van der Waals surface area contributed by atoms with Crippen LogP contribution in [-0.2, 0) is 0 Å². The number of likely N-dealkylation sites (tertiary alicyclic amines) is 1. The van der Waals surface area contributed by atoms with E-state index in [0.29, 0.717) is 13.1 Å². The first-order chi connectivity index (χ1) is 7.16.